The Morgan fingerprint density at radius 2 is 2.20 bits per heavy atom. The molecule has 0 unspecified atom stereocenters. The first-order chi connectivity index (χ1) is 9.76. The minimum atomic E-state index is 0.460. The summed E-state index contributed by atoms with van der Waals surface area (Å²) in [7, 11) is 1.63. The second-order valence-electron chi connectivity index (χ2n) is 4.31. The Labute approximate surface area is 121 Å². The summed E-state index contributed by atoms with van der Waals surface area (Å²) in [6.45, 7) is 0.568. The molecule has 4 nitrogen and oxygen atoms in total. The summed E-state index contributed by atoms with van der Waals surface area (Å²) in [5.74, 6) is 1.57. The number of hydrogen-bond acceptors (Lipinski definition) is 4. The van der Waals surface area contributed by atoms with Crippen LogP contribution in [0.15, 0.2) is 47.0 Å². The lowest BCUT2D eigenvalue weighted by atomic mass is 10.2. The van der Waals surface area contributed by atoms with Gasteiger partial charge < -0.3 is 14.5 Å². The summed E-state index contributed by atoms with van der Waals surface area (Å²) in [6.07, 6.45) is 1.66. The van der Waals surface area contributed by atoms with E-state index >= 15 is 0 Å². The second kappa shape index (κ2) is 5.43. The lowest BCUT2D eigenvalue weighted by molar-refractivity contribution is 0.408. The molecule has 1 aromatic carbocycles. The van der Waals surface area contributed by atoms with Crippen LogP contribution >= 0.6 is 11.6 Å². The Hall–Kier alpha value is -2.20. The second-order valence-corrected chi connectivity index (χ2v) is 4.70. The van der Waals surface area contributed by atoms with Gasteiger partial charge in [-0.1, -0.05) is 23.7 Å². The molecule has 0 spiro atoms. The summed E-state index contributed by atoms with van der Waals surface area (Å²) in [6, 6.07) is 11.4. The molecule has 0 saturated heterocycles. The van der Waals surface area contributed by atoms with Crippen molar-refractivity contribution in [2.45, 2.75) is 6.54 Å². The molecule has 0 amide bonds. The summed E-state index contributed by atoms with van der Waals surface area (Å²) >= 11 is 5.84. The van der Waals surface area contributed by atoms with Crippen molar-refractivity contribution in [3.63, 3.8) is 0 Å². The Kier molecular flexibility index (Phi) is 3.48. The molecular formula is C15H13ClN2O2. The smallest absolute Gasteiger partial charge is 0.176 e. The van der Waals surface area contributed by atoms with Crippen LogP contribution in [-0.2, 0) is 6.54 Å². The third-order valence-electron chi connectivity index (χ3n) is 2.97. The van der Waals surface area contributed by atoms with Crippen LogP contribution in [0.25, 0.3) is 11.0 Å². The number of rotatable bonds is 4. The number of aromatic nitrogens is 1. The lowest BCUT2D eigenvalue weighted by Crippen LogP contribution is -1.97. The highest BCUT2D eigenvalue weighted by molar-refractivity contribution is 6.29. The summed E-state index contributed by atoms with van der Waals surface area (Å²) in [4.78, 5) is 3.94. The van der Waals surface area contributed by atoms with E-state index in [2.05, 4.69) is 10.3 Å². The number of ether oxygens (including phenoxy) is 1. The zero-order valence-corrected chi connectivity index (χ0v) is 11.6. The van der Waals surface area contributed by atoms with Gasteiger partial charge in [-0.3, -0.25) is 0 Å². The Morgan fingerprint density at radius 1 is 1.30 bits per heavy atom. The molecule has 0 bridgehead atoms. The van der Waals surface area contributed by atoms with Crippen LogP contribution in [-0.4, -0.2) is 12.1 Å². The molecule has 0 fully saturated rings. The number of hydrogen-bond donors (Lipinski definition) is 1. The normalized spacial score (nSPS) is 10.7. The van der Waals surface area contributed by atoms with Crippen molar-refractivity contribution in [3.8, 4) is 5.75 Å². The van der Waals surface area contributed by atoms with E-state index in [4.69, 9.17) is 20.8 Å². The molecule has 0 radical (unpaired) electrons. The third kappa shape index (κ3) is 2.56. The number of benzene rings is 1. The highest BCUT2D eigenvalue weighted by atomic mass is 35.5. The maximum absolute atomic E-state index is 5.84. The fourth-order valence-corrected chi connectivity index (χ4v) is 2.21. The summed E-state index contributed by atoms with van der Waals surface area (Å²) in [5.41, 5.74) is 1.66. The number of methoxy groups -OCH3 is 1. The van der Waals surface area contributed by atoms with E-state index in [1.54, 1.807) is 19.4 Å². The number of pyridine rings is 1. The van der Waals surface area contributed by atoms with Gasteiger partial charge in [-0.25, -0.2) is 4.98 Å². The van der Waals surface area contributed by atoms with E-state index < -0.39 is 0 Å². The van der Waals surface area contributed by atoms with Crippen LogP contribution < -0.4 is 10.1 Å². The first-order valence-electron chi connectivity index (χ1n) is 6.17. The molecule has 0 aliphatic carbocycles. The molecule has 3 rings (SSSR count). The molecule has 2 heterocycles. The molecule has 0 aliphatic rings. The molecule has 0 aliphatic heterocycles. The van der Waals surface area contributed by atoms with Gasteiger partial charge in [-0.15, -0.1) is 0 Å². The number of nitrogens with zero attached hydrogens (tertiary/aromatic N) is 1. The minimum Gasteiger partial charge on any atom is -0.493 e. The highest BCUT2D eigenvalue weighted by Crippen LogP contribution is 2.28. The van der Waals surface area contributed by atoms with Crippen LogP contribution in [0, 0.1) is 0 Å². The maximum atomic E-state index is 5.84. The van der Waals surface area contributed by atoms with Crippen molar-refractivity contribution in [1.29, 1.82) is 0 Å². The Morgan fingerprint density at radius 3 is 3.00 bits per heavy atom. The summed E-state index contributed by atoms with van der Waals surface area (Å²) < 4.78 is 11.1. The fourth-order valence-electron chi connectivity index (χ4n) is 2.04. The molecule has 102 valence electrons. The number of halogens is 1. The van der Waals surface area contributed by atoms with E-state index in [0.29, 0.717) is 11.7 Å². The van der Waals surface area contributed by atoms with Crippen molar-refractivity contribution in [1.82, 2.24) is 4.98 Å². The third-order valence-corrected chi connectivity index (χ3v) is 3.18. The average Bonchev–Trinajstić information content (AvgIpc) is 2.88. The average molecular weight is 289 g/mol. The number of furan rings is 1. The molecule has 2 aromatic heterocycles. The largest absolute Gasteiger partial charge is 0.493 e. The van der Waals surface area contributed by atoms with Gasteiger partial charge in [-0.05, 0) is 24.3 Å². The van der Waals surface area contributed by atoms with E-state index in [0.717, 1.165) is 28.2 Å². The first kappa shape index (κ1) is 12.8. The van der Waals surface area contributed by atoms with E-state index in [1.165, 1.54) is 0 Å². The van der Waals surface area contributed by atoms with Crippen molar-refractivity contribution in [2.75, 3.05) is 12.4 Å². The van der Waals surface area contributed by atoms with Crippen LogP contribution in [0.2, 0.25) is 5.15 Å². The maximum Gasteiger partial charge on any atom is 0.176 e. The quantitative estimate of drug-likeness (QED) is 0.734. The van der Waals surface area contributed by atoms with Gasteiger partial charge in [0, 0.05) is 17.3 Å². The van der Waals surface area contributed by atoms with Gasteiger partial charge in [0.2, 0.25) is 0 Å². The minimum absolute atomic E-state index is 0.460. The van der Waals surface area contributed by atoms with Crippen LogP contribution in [0.3, 0.4) is 0 Å². The van der Waals surface area contributed by atoms with E-state index in [1.807, 2.05) is 30.3 Å². The van der Waals surface area contributed by atoms with Crippen molar-refractivity contribution in [2.24, 2.45) is 0 Å². The monoisotopic (exact) mass is 288 g/mol. The topological polar surface area (TPSA) is 47.3 Å². The number of anilines is 1. The highest BCUT2D eigenvalue weighted by Gasteiger charge is 2.08. The molecule has 0 saturated carbocycles. The zero-order valence-electron chi connectivity index (χ0n) is 10.9. The SMILES string of the molecule is COc1cccc2cc(CNc3ccnc(Cl)c3)oc12. The number of para-hydroxylation sites is 1. The molecule has 0 atom stereocenters. The van der Waals surface area contributed by atoms with Gasteiger partial charge in [0.05, 0.1) is 13.7 Å². The van der Waals surface area contributed by atoms with Crippen molar-refractivity contribution >= 4 is 28.3 Å². The van der Waals surface area contributed by atoms with E-state index in [9.17, 15) is 0 Å². The van der Waals surface area contributed by atoms with Gasteiger partial charge in [0.25, 0.3) is 0 Å². The van der Waals surface area contributed by atoms with Gasteiger partial charge in [0.15, 0.2) is 11.3 Å². The van der Waals surface area contributed by atoms with Gasteiger partial charge >= 0.3 is 0 Å². The van der Waals surface area contributed by atoms with Crippen molar-refractivity contribution in [3.05, 3.63) is 53.5 Å². The van der Waals surface area contributed by atoms with E-state index in [-0.39, 0.29) is 0 Å². The lowest BCUT2D eigenvalue weighted by Gasteiger charge is -2.03. The molecule has 5 heteroatoms. The fraction of sp³-hybridized carbons (Fsp3) is 0.133. The molecule has 1 N–H and O–H groups in total. The molecule has 20 heavy (non-hydrogen) atoms. The van der Waals surface area contributed by atoms with Crippen LogP contribution in [0.1, 0.15) is 5.76 Å². The Bertz CT molecular complexity index is 740. The predicted molar refractivity (Wildman–Crippen MR) is 79.3 cm³/mol. The molecule has 3 aromatic rings. The van der Waals surface area contributed by atoms with Crippen LogP contribution in [0.5, 0.6) is 5.75 Å². The van der Waals surface area contributed by atoms with Crippen LogP contribution in [0.4, 0.5) is 5.69 Å². The summed E-state index contributed by atoms with van der Waals surface area (Å²) in [5, 5.41) is 4.72. The van der Waals surface area contributed by atoms with Crippen molar-refractivity contribution < 1.29 is 9.15 Å². The predicted octanol–water partition coefficient (Wildman–Crippen LogP) is 4.10. The van der Waals surface area contributed by atoms with Gasteiger partial charge in [-0.2, -0.15) is 0 Å². The zero-order chi connectivity index (χ0) is 13.9. The molecular weight excluding hydrogens is 276 g/mol. The first-order valence-corrected chi connectivity index (χ1v) is 6.55. The van der Waals surface area contributed by atoms with Gasteiger partial charge in [0.1, 0.15) is 10.9 Å². The number of nitrogens with one attached hydrogen (secondary N) is 1. The Balaban J connectivity index is 1.81. The standard InChI is InChI=1S/C15H13ClN2O2/c1-19-13-4-2-3-10-7-12(20-15(10)13)9-18-11-5-6-17-14(16)8-11/h2-8H,9H2,1H3,(H,17,18). The number of fused-ring (bicyclic) bond motifs is 1.